The summed E-state index contributed by atoms with van der Waals surface area (Å²) in [5.74, 6) is 0.535. The van der Waals surface area contributed by atoms with E-state index < -0.39 is 0 Å². The molecule has 0 fully saturated rings. The quantitative estimate of drug-likeness (QED) is 0.722. The van der Waals surface area contributed by atoms with Gasteiger partial charge in [0.15, 0.2) is 0 Å². The number of nitrogens with zero attached hydrogens (tertiary/aromatic N) is 2. The highest BCUT2D eigenvalue weighted by molar-refractivity contribution is 14.1. The zero-order chi connectivity index (χ0) is 9.72. The fourth-order valence-electron chi connectivity index (χ4n) is 0.868. The van der Waals surface area contributed by atoms with Crippen molar-refractivity contribution >= 4 is 22.6 Å². The molecule has 0 unspecified atom stereocenters. The van der Waals surface area contributed by atoms with Gasteiger partial charge in [-0.1, -0.05) is 27.7 Å². The molecule has 0 spiro atoms. The minimum absolute atomic E-state index is 0.535. The van der Waals surface area contributed by atoms with Crippen molar-refractivity contribution in [1.82, 2.24) is 9.78 Å². The summed E-state index contributed by atoms with van der Waals surface area (Å²) >= 11 is 2.31. The van der Waals surface area contributed by atoms with E-state index in [1.807, 2.05) is 31.8 Å². The van der Waals surface area contributed by atoms with Crippen molar-refractivity contribution < 1.29 is 0 Å². The number of hydrogen-bond acceptors (Lipinski definition) is 1. The van der Waals surface area contributed by atoms with Gasteiger partial charge in [0.05, 0.1) is 9.26 Å². The predicted molar refractivity (Wildman–Crippen MR) is 61.4 cm³/mol. The normalized spacial score (nSPS) is 9.58. The van der Waals surface area contributed by atoms with Gasteiger partial charge in [0.2, 0.25) is 0 Å². The molecule has 70 valence electrons. The van der Waals surface area contributed by atoms with Gasteiger partial charge >= 0.3 is 0 Å². The van der Waals surface area contributed by atoms with Crippen LogP contribution in [0.5, 0.6) is 0 Å². The molecule has 0 amide bonds. The predicted octanol–water partition coefficient (Wildman–Crippen LogP) is 3.17. The average Bonchev–Trinajstić information content (AvgIpc) is 2.34. The van der Waals surface area contributed by atoms with Gasteiger partial charge in [-0.2, -0.15) is 5.10 Å². The molecule has 0 aliphatic rings. The zero-order valence-corrected chi connectivity index (χ0v) is 10.6. The summed E-state index contributed by atoms with van der Waals surface area (Å²) in [6, 6.07) is 0. The highest BCUT2D eigenvalue weighted by Crippen LogP contribution is 2.18. The number of aromatic nitrogens is 2. The lowest BCUT2D eigenvalue weighted by Crippen LogP contribution is -1.93. The first-order valence-electron chi connectivity index (χ1n) is 4.30. The lowest BCUT2D eigenvalue weighted by atomic mass is 10.1. The second-order valence-electron chi connectivity index (χ2n) is 2.69. The first kappa shape index (κ1) is 11.9. The Bertz CT molecular complexity index is 228. The molecule has 0 radical (unpaired) electrons. The van der Waals surface area contributed by atoms with Crippen molar-refractivity contribution in [1.29, 1.82) is 0 Å². The van der Waals surface area contributed by atoms with Crippen molar-refractivity contribution in [2.75, 3.05) is 0 Å². The molecule has 0 saturated carbocycles. The monoisotopic (exact) mass is 280 g/mol. The molecule has 1 rings (SSSR count). The Morgan fingerprint density at radius 1 is 1.42 bits per heavy atom. The van der Waals surface area contributed by atoms with E-state index in [0.717, 1.165) is 0 Å². The van der Waals surface area contributed by atoms with E-state index in [2.05, 4.69) is 41.5 Å². The molecular weight excluding hydrogens is 263 g/mol. The highest BCUT2D eigenvalue weighted by Gasteiger charge is 2.07. The summed E-state index contributed by atoms with van der Waals surface area (Å²) < 4.78 is 3.12. The number of rotatable bonds is 1. The van der Waals surface area contributed by atoms with Crippen LogP contribution in [0.15, 0.2) is 6.20 Å². The minimum atomic E-state index is 0.535. The van der Waals surface area contributed by atoms with Gasteiger partial charge < -0.3 is 0 Å². The van der Waals surface area contributed by atoms with Crippen molar-refractivity contribution in [3.8, 4) is 0 Å². The van der Waals surface area contributed by atoms with Crippen LogP contribution in [0, 0.1) is 3.57 Å². The van der Waals surface area contributed by atoms with Crippen molar-refractivity contribution in [2.24, 2.45) is 7.05 Å². The third-order valence-corrected chi connectivity index (χ3v) is 2.19. The molecule has 0 atom stereocenters. The number of hydrogen-bond donors (Lipinski definition) is 0. The van der Waals surface area contributed by atoms with Crippen molar-refractivity contribution in [3.05, 3.63) is 15.5 Å². The van der Waals surface area contributed by atoms with Gasteiger partial charge in [0, 0.05) is 13.2 Å². The molecule has 12 heavy (non-hydrogen) atoms. The van der Waals surface area contributed by atoms with E-state index in [4.69, 9.17) is 0 Å². The van der Waals surface area contributed by atoms with Gasteiger partial charge in [-0.25, -0.2) is 0 Å². The van der Waals surface area contributed by atoms with Crippen LogP contribution in [0.4, 0.5) is 0 Å². The molecular formula is C9H17IN2. The Hall–Kier alpha value is -0.0600. The van der Waals surface area contributed by atoms with Crippen molar-refractivity contribution in [2.45, 2.75) is 33.6 Å². The fraction of sp³-hybridized carbons (Fsp3) is 0.667. The number of aryl methyl sites for hydroxylation is 1. The van der Waals surface area contributed by atoms with Gasteiger partial charge in [-0.3, -0.25) is 4.68 Å². The average molecular weight is 280 g/mol. The van der Waals surface area contributed by atoms with Crippen LogP contribution in [-0.2, 0) is 7.05 Å². The van der Waals surface area contributed by atoms with Gasteiger partial charge in [-0.05, 0) is 28.5 Å². The summed E-state index contributed by atoms with van der Waals surface area (Å²) in [5.41, 5.74) is 1.20. The molecule has 3 heteroatoms. The molecule has 1 aromatic heterocycles. The first-order valence-corrected chi connectivity index (χ1v) is 5.38. The van der Waals surface area contributed by atoms with E-state index in [1.54, 1.807) is 0 Å². The third kappa shape index (κ3) is 3.13. The smallest absolute Gasteiger partial charge is 0.0783 e. The largest absolute Gasteiger partial charge is 0.274 e. The van der Waals surface area contributed by atoms with E-state index in [0.29, 0.717) is 5.92 Å². The summed E-state index contributed by atoms with van der Waals surface area (Å²) in [6.45, 7) is 8.31. The topological polar surface area (TPSA) is 17.8 Å². The van der Waals surface area contributed by atoms with Crippen LogP contribution in [0.1, 0.15) is 39.3 Å². The minimum Gasteiger partial charge on any atom is -0.274 e. The second-order valence-corrected chi connectivity index (χ2v) is 3.85. The number of halogens is 1. The second kappa shape index (κ2) is 5.56. The van der Waals surface area contributed by atoms with Crippen LogP contribution < -0.4 is 0 Å². The van der Waals surface area contributed by atoms with Crippen LogP contribution in [0.2, 0.25) is 0 Å². The van der Waals surface area contributed by atoms with Crippen LogP contribution in [0.25, 0.3) is 0 Å². The standard InChI is InChI=1S/C7H11IN2.C2H6/c1-5(2)7-6(8)4-10(3)9-7;1-2/h4-5H,1-3H3;1-2H3. The lowest BCUT2D eigenvalue weighted by Gasteiger charge is -1.98. The van der Waals surface area contributed by atoms with Crippen molar-refractivity contribution in [3.63, 3.8) is 0 Å². The van der Waals surface area contributed by atoms with E-state index in [1.165, 1.54) is 9.26 Å². The molecule has 2 nitrogen and oxygen atoms in total. The molecule has 1 heterocycles. The maximum absolute atomic E-state index is 4.32. The molecule has 0 aliphatic carbocycles. The van der Waals surface area contributed by atoms with Crippen LogP contribution in [-0.4, -0.2) is 9.78 Å². The summed E-state index contributed by atoms with van der Waals surface area (Å²) in [7, 11) is 1.95. The van der Waals surface area contributed by atoms with Gasteiger partial charge in [0.25, 0.3) is 0 Å². The summed E-state index contributed by atoms with van der Waals surface area (Å²) in [5, 5.41) is 4.32. The lowest BCUT2D eigenvalue weighted by molar-refractivity contribution is 0.712. The zero-order valence-electron chi connectivity index (χ0n) is 8.43. The SMILES string of the molecule is CC.CC(C)c1nn(C)cc1I. The molecule has 0 saturated heterocycles. The Balaban J connectivity index is 0.000000561. The van der Waals surface area contributed by atoms with E-state index >= 15 is 0 Å². The Kier molecular flexibility index (Phi) is 5.53. The molecule has 0 aromatic carbocycles. The fourth-order valence-corrected chi connectivity index (χ4v) is 2.00. The Morgan fingerprint density at radius 3 is 2.08 bits per heavy atom. The van der Waals surface area contributed by atoms with E-state index in [9.17, 15) is 0 Å². The maximum atomic E-state index is 4.32. The Morgan fingerprint density at radius 2 is 1.92 bits per heavy atom. The summed E-state index contributed by atoms with van der Waals surface area (Å²) in [4.78, 5) is 0. The van der Waals surface area contributed by atoms with E-state index in [-0.39, 0.29) is 0 Å². The molecule has 0 bridgehead atoms. The van der Waals surface area contributed by atoms with Crippen LogP contribution in [0.3, 0.4) is 0 Å². The highest BCUT2D eigenvalue weighted by atomic mass is 127. The van der Waals surface area contributed by atoms with Gasteiger partial charge in [-0.15, -0.1) is 0 Å². The third-order valence-electron chi connectivity index (χ3n) is 1.36. The molecule has 1 aromatic rings. The van der Waals surface area contributed by atoms with Crippen LogP contribution >= 0.6 is 22.6 Å². The Labute approximate surface area is 88.5 Å². The van der Waals surface area contributed by atoms with Gasteiger partial charge in [0.1, 0.15) is 0 Å². The summed E-state index contributed by atoms with van der Waals surface area (Å²) in [6.07, 6.45) is 2.04. The molecule has 0 N–H and O–H groups in total. The maximum Gasteiger partial charge on any atom is 0.0783 e. The first-order chi connectivity index (χ1) is 5.61. The molecule has 0 aliphatic heterocycles.